The van der Waals surface area contributed by atoms with Crippen molar-refractivity contribution in [3.05, 3.63) is 58.2 Å². The fraction of sp³-hybridized carbons (Fsp3) is 0. The maximum atomic E-state index is 12.8. The van der Waals surface area contributed by atoms with E-state index in [4.69, 9.17) is 0 Å². The van der Waals surface area contributed by atoms with E-state index in [1.54, 1.807) is 6.21 Å². The molecule has 2 aromatic heterocycles. The van der Waals surface area contributed by atoms with Crippen molar-refractivity contribution in [3.63, 3.8) is 0 Å². The quantitative estimate of drug-likeness (QED) is 0.564. The van der Waals surface area contributed by atoms with Gasteiger partial charge in [-0.15, -0.1) is 11.3 Å². The number of hydrogen-bond acceptors (Lipinski definition) is 3. The van der Waals surface area contributed by atoms with Gasteiger partial charge in [-0.05, 0) is 24.3 Å². The molecule has 0 fully saturated rings. The van der Waals surface area contributed by atoms with Gasteiger partial charge in [0.25, 0.3) is 5.91 Å². The number of halogens is 1. The van der Waals surface area contributed by atoms with Gasteiger partial charge < -0.3 is 4.98 Å². The lowest BCUT2D eigenvalue weighted by Gasteiger charge is -1.97. The number of hydrogen-bond donors (Lipinski definition) is 2. The molecule has 0 saturated carbocycles. The van der Waals surface area contributed by atoms with Gasteiger partial charge in [-0.25, -0.2) is 5.43 Å². The zero-order chi connectivity index (χ0) is 13.9. The molecule has 6 heteroatoms. The third-order valence-electron chi connectivity index (χ3n) is 2.80. The number of nitrogens with one attached hydrogen (secondary N) is 2. The minimum Gasteiger partial charge on any atom is -0.361 e. The second kappa shape index (κ2) is 5.26. The van der Waals surface area contributed by atoms with Crippen molar-refractivity contribution in [2.45, 2.75) is 0 Å². The summed E-state index contributed by atoms with van der Waals surface area (Å²) in [7, 11) is 0. The fourth-order valence-electron chi connectivity index (χ4n) is 1.87. The van der Waals surface area contributed by atoms with Crippen molar-refractivity contribution in [2.24, 2.45) is 5.10 Å². The van der Waals surface area contributed by atoms with Gasteiger partial charge in [0.05, 0.1) is 11.1 Å². The first-order valence-corrected chi connectivity index (χ1v) is 6.70. The molecule has 100 valence electrons. The molecule has 1 aromatic carbocycles. The van der Waals surface area contributed by atoms with Crippen molar-refractivity contribution in [2.75, 3.05) is 0 Å². The van der Waals surface area contributed by atoms with Gasteiger partial charge in [-0.3, -0.25) is 4.79 Å². The molecule has 2 heterocycles. The first-order valence-electron chi connectivity index (χ1n) is 5.89. The van der Waals surface area contributed by atoms with E-state index in [0.29, 0.717) is 4.88 Å². The van der Waals surface area contributed by atoms with Gasteiger partial charge >= 0.3 is 0 Å². The predicted molar refractivity (Wildman–Crippen MR) is 77.6 cm³/mol. The molecule has 0 aliphatic heterocycles. The Bertz CT molecular complexity index is 790. The number of H-pyrrole nitrogens is 1. The van der Waals surface area contributed by atoms with E-state index in [1.807, 2.05) is 30.5 Å². The number of nitrogens with zero attached hydrogens (tertiary/aromatic N) is 1. The molecule has 1 amide bonds. The van der Waals surface area contributed by atoms with Crippen LogP contribution in [0.2, 0.25) is 0 Å². The molecular formula is C14H10FN3OS. The van der Waals surface area contributed by atoms with Gasteiger partial charge in [0.1, 0.15) is 0 Å². The Morgan fingerprint density at radius 1 is 1.30 bits per heavy atom. The van der Waals surface area contributed by atoms with Crippen molar-refractivity contribution >= 4 is 34.4 Å². The van der Waals surface area contributed by atoms with Crippen LogP contribution in [0.3, 0.4) is 0 Å². The molecule has 3 rings (SSSR count). The summed E-state index contributed by atoms with van der Waals surface area (Å²) < 4.78 is 12.8. The van der Waals surface area contributed by atoms with E-state index in [0.717, 1.165) is 27.8 Å². The molecule has 0 radical (unpaired) electrons. The highest BCUT2D eigenvalue weighted by molar-refractivity contribution is 7.12. The fourth-order valence-corrected chi connectivity index (χ4v) is 2.49. The Balaban J connectivity index is 1.75. The van der Waals surface area contributed by atoms with Crippen molar-refractivity contribution in [3.8, 4) is 0 Å². The molecule has 2 N–H and O–H groups in total. The zero-order valence-corrected chi connectivity index (χ0v) is 11.1. The number of carbonyl (C=O) groups excluding carboxylic acids is 1. The third-order valence-corrected chi connectivity index (χ3v) is 3.67. The number of carbonyl (C=O) groups is 1. The van der Waals surface area contributed by atoms with Crippen LogP contribution in [0.5, 0.6) is 0 Å². The summed E-state index contributed by atoms with van der Waals surface area (Å²) in [6, 6.07) is 10.4. The second-order valence-electron chi connectivity index (χ2n) is 4.09. The monoisotopic (exact) mass is 287 g/mol. The van der Waals surface area contributed by atoms with Crippen molar-refractivity contribution in [1.82, 2.24) is 10.4 Å². The van der Waals surface area contributed by atoms with E-state index >= 15 is 0 Å². The number of hydrazone groups is 1. The third kappa shape index (κ3) is 2.46. The van der Waals surface area contributed by atoms with Crippen LogP contribution in [0.25, 0.3) is 10.9 Å². The Morgan fingerprint density at radius 2 is 2.20 bits per heavy atom. The Morgan fingerprint density at radius 3 is 3.00 bits per heavy atom. The van der Waals surface area contributed by atoms with Crippen LogP contribution in [0.1, 0.15) is 15.2 Å². The molecule has 0 saturated heterocycles. The number of aromatic amines is 1. The van der Waals surface area contributed by atoms with Crippen LogP contribution in [-0.2, 0) is 0 Å². The molecule has 0 aliphatic rings. The largest absolute Gasteiger partial charge is 0.361 e. The van der Waals surface area contributed by atoms with E-state index in [1.165, 1.54) is 12.1 Å². The molecule has 0 spiro atoms. The van der Waals surface area contributed by atoms with Crippen molar-refractivity contribution < 1.29 is 9.18 Å². The summed E-state index contributed by atoms with van der Waals surface area (Å²) in [5.41, 5.74) is 4.27. The molecule has 0 aliphatic carbocycles. The van der Waals surface area contributed by atoms with Crippen LogP contribution in [0, 0.1) is 5.13 Å². The predicted octanol–water partition coefficient (Wildman–Crippen LogP) is 3.13. The topological polar surface area (TPSA) is 57.2 Å². The number of aromatic nitrogens is 1. The van der Waals surface area contributed by atoms with Crippen LogP contribution in [0.15, 0.2) is 47.7 Å². The molecular weight excluding hydrogens is 277 g/mol. The van der Waals surface area contributed by atoms with Gasteiger partial charge in [0.2, 0.25) is 0 Å². The summed E-state index contributed by atoms with van der Waals surface area (Å²) in [5, 5.41) is 4.53. The Labute approximate surface area is 117 Å². The van der Waals surface area contributed by atoms with Gasteiger partial charge in [0, 0.05) is 22.7 Å². The van der Waals surface area contributed by atoms with E-state index < -0.39 is 11.0 Å². The van der Waals surface area contributed by atoms with Gasteiger partial charge in [-0.1, -0.05) is 12.1 Å². The summed E-state index contributed by atoms with van der Waals surface area (Å²) in [4.78, 5) is 15.1. The van der Waals surface area contributed by atoms with E-state index in [-0.39, 0.29) is 0 Å². The maximum absolute atomic E-state index is 12.8. The smallest absolute Gasteiger partial charge is 0.281 e. The van der Waals surface area contributed by atoms with Gasteiger partial charge in [0.15, 0.2) is 5.13 Å². The molecule has 0 bridgehead atoms. The molecule has 3 aromatic rings. The van der Waals surface area contributed by atoms with Gasteiger partial charge in [-0.2, -0.15) is 9.49 Å². The summed E-state index contributed by atoms with van der Waals surface area (Å²) in [6.45, 7) is 0. The molecule has 4 nitrogen and oxygen atoms in total. The number of rotatable bonds is 3. The molecule has 0 unspecified atom stereocenters. The first kappa shape index (κ1) is 12.6. The normalized spacial score (nSPS) is 11.2. The molecule has 0 atom stereocenters. The lowest BCUT2D eigenvalue weighted by Crippen LogP contribution is -2.16. The standard InChI is InChI=1S/C14H10FN3OS/c15-13-5-4-12(20-13)14(19)18-17-8-9-2-1-3-11-10(9)6-7-16-11/h1-8,16H,(H,18,19). The van der Waals surface area contributed by atoms with Crippen LogP contribution < -0.4 is 5.43 Å². The minimum atomic E-state index is -0.420. The highest BCUT2D eigenvalue weighted by Crippen LogP contribution is 2.16. The highest BCUT2D eigenvalue weighted by atomic mass is 32.1. The Kier molecular flexibility index (Phi) is 3.30. The number of thiophene rings is 1. The summed E-state index contributed by atoms with van der Waals surface area (Å²) in [5.74, 6) is -0.420. The van der Waals surface area contributed by atoms with E-state index in [9.17, 15) is 9.18 Å². The average Bonchev–Trinajstić information content (AvgIpc) is 3.07. The SMILES string of the molecule is O=C(NN=Cc1cccc2[nH]ccc12)c1ccc(F)s1. The lowest BCUT2D eigenvalue weighted by molar-refractivity contribution is 0.0959. The maximum Gasteiger partial charge on any atom is 0.281 e. The summed E-state index contributed by atoms with van der Waals surface area (Å²) in [6.07, 6.45) is 3.41. The number of amides is 1. The van der Waals surface area contributed by atoms with Crippen molar-refractivity contribution in [1.29, 1.82) is 0 Å². The van der Waals surface area contributed by atoms with Crippen LogP contribution in [-0.4, -0.2) is 17.1 Å². The lowest BCUT2D eigenvalue weighted by atomic mass is 10.1. The first-order chi connectivity index (χ1) is 9.74. The average molecular weight is 287 g/mol. The van der Waals surface area contributed by atoms with E-state index in [2.05, 4.69) is 15.5 Å². The second-order valence-corrected chi connectivity index (χ2v) is 5.12. The molecule has 20 heavy (non-hydrogen) atoms. The van der Waals surface area contributed by atoms with Crippen LogP contribution >= 0.6 is 11.3 Å². The zero-order valence-electron chi connectivity index (χ0n) is 10.3. The highest BCUT2D eigenvalue weighted by Gasteiger charge is 2.07. The Hall–Kier alpha value is -2.47. The number of benzene rings is 1. The van der Waals surface area contributed by atoms with Crippen LogP contribution in [0.4, 0.5) is 4.39 Å². The number of fused-ring (bicyclic) bond motifs is 1. The minimum absolute atomic E-state index is 0.291. The summed E-state index contributed by atoms with van der Waals surface area (Å²) >= 11 is 0.788.